The predicted molar refractivity (Wildman–Crippen MR) is 81.9 cm³/mol. The SMILES string of the molecule is CCCNC(Cc1ccc(Cl)cc1)Cc1ncnn1C. The van der Waals surface area contributed by atoms with Gasteiger partial charge in [-0.1, -0.05) is 30.7 Å². The van der Waals surface area contributed by atoms with E-state index in [-0.39, 0.29) is 0 Å². The van der Waals surface area contributed by atoms with Crippen molar-refractivity contribution in [2.24, 2.45) is 7.05 Å². The van der Waals surface area contributed by atoms with E-state index < -0.39 is 0 Å². The van der Waals surface area contributed by atoms with Crippen LogP contribution in [0.2, 0.25) is 5.02 Å². The van der Waals surface area contributed by atoms with E-state index in [1.54, 1.807) is 6.33 Å². The van der Waals surface area contributed by atoms with Gasteiger partial charge in [-0.15, -0.1) is 0 Å². The second-order valence-corrected chi connectivity index (χ2v) is 5.42. The predicted octanol–water partition coefficient (Wildman–Crippen LogP) is 2.62. The van der Waals surface area contributed by atoms with Crippen LogP contribution in [0.4, 0.5) is 0 Å². The van der Waals surface area contributed by atoms with Crippen LogP contribution in [-0.4, -0.2) is 27.4 Å². The lowest BCUT2D eigenvalue weighted by molar-refractivity contribution is 0.485. The molecule has 5 heteroatoms. The van der Waals surface area contributed by atoms with E-state index in [4.69, 9.17) is 11.6 Å². The minimum atomic E-state index is 0.360. The molecule has 0 aliphatic carbocycles. The molecule has 1 N–H and O–H groups in total. The summed E-state index contributed by atoms with van der Waals surface area (Å²) in [5.41, 5.74) is 1.28. The van der Waals surface area contributed by atoms with E-state index in [2.05, 4.69) is 34.5 Å². The maximum Gasteiger partial charge on any atom is 0.138 e. The van der Waals surface area contributed by atoms with E-state index in [1.165, 1.54) is 5.56 Å². The third-order valence-electron chi connectivity index (χ3n) is 3.31. The van der Waals surface area contributed by atoms with E-state index in [9.17, 15) is 0 Å². The average Bonchev–Trinajstić information content (AvgIpc) is 2.84. The number of aromatic nitrogens is 3. The van der Waals surface area contributed by atoms with Gasteiger partial charge in [-0.2, -0.15) is 5.10 Å². The summed E-state index contributed by atoms with van der Waals surface area (Å²) in [6.45, 7) is 3.19. The fourth-order valence-corrected chi connectivity index (χ4v) is 2.32. The molecule has 2 rings (SSSR count). The zero-order chi connectivity index (χ0) is 14.4. The molecule has 1 aromatic carbocycles. The molecule has 108 valence electrons. The smallest absolute Gasteiger partial charge is 0.138 e. The standard InChI is InChI=1S/C15H21ClN4/c1-3-8-17-14(10-15-18-11-19-20(15)2)9-12-4-6-13(16)7-5-12/h4-7,11,14,17H,3,8-10H2,1-2H3. The lowest BCUT2D eigenvalue weighted by Crippen LogP contribution is -2.34. The van der Waals surface area contributed by atoms with Gasteiger partial charge in [-0.05, 0) is 37.1 Å². The molecule has 1 heterocycles. The second kappa shape index (κ2) is 7.41. The van der Waals surface area contributed by atoms with Crippen LogP contribution in [0.1, 0.15) is 24.7 Å². The Morgan fingerprint density at radius 3 is 2.60 bits per heavy atom. The highest BCUT2D eigenvalue weighted by molar-refractivity contribution is 6.30. The molecule has 0 bridgehead atoms. The lowest BCUT2D eigenvalue weighted by Gasteiger charge is -2.18. The Labute approximate surface area is 125 Å². The number of nitrogens with one attached hydrogen (secondary N) is 1. The summed E-state index contributed by atoms with van der Waals surface area (Å²) in [5.74, 6) is 1.01. The summed E-state index contributed by atoms with van der Waals surface area (Å²) in [6, 6.07) is 8.41. The molecule has 0 amide bonds. The van der Waals surface area contributed by atoms with Gasteiger partial charge in [0.05, 0.1) is 0 Å². The highest BCUT2D eigenvalue weighted by atomic mass is 35.5. The van der Waals surface area contributed by atoms with Gasteiger partial charge < -0.3 is 5.32 Å². The Bertz CT molecular complexity index is 521. The number of aryl methyl sites for hydroxylation is 1. The highest BCUT2D eigenvalue weighted by Gasteiger charge is 2.13. The van der Waals surface area contributed by atoms with Gasteiger partial charge in [0.15, 0.2) is 0 Å². The van der Waals surface area contributed by atoms with Gasteiger partial charge in [0.2, 0.25) is 0 Å². The Balaban J connectivity index is 2.03. The Morgan fingerprint density at radius 1 is 1.25 bits per heavy atom. The molecule has 0 radical (unpaired) electrons. The van der Waals surface area contributed by atoms with Crippen LogP contribution in [0.15, 0.2) is 30.6 Å². The van der Waals surface area contributed by atoms with Gasteiger partial charge >= 0.3 is 0 Å². The van der Waals surface area contributed by atoms with Crippen molar-refractivity contribution in [3.8, 4) is 0 Å². The number of hydrogen-bond donors (Lipinski definition) is 1. The van der Waals surface area contributed by atoms with Crippen LogP contribution < -0.4 is 5.32 Å². The van der Waals surface area contributed by atoms with Crippen LogP contribution in [0.5, 0.6) is 0 Å². The topological polar surface area (TPSA) is 42.7 Å². The van der Waals surface area contributed by atoms with Gasteiger partial charge in [0.1, 0.15) is 12.2 Å². The average molecular weight is 293 g/mol. The van der Waals surface area contributed by atoms with Crippen molar-refractivity contribution in [2.75, 3.05) is 6.54 Å². The minimum absolute atomic E-state index is 0.360. The molecule has 1 aromatic heterocycles. The largest absolute Gasteiger partial charge is 0.313 e. The maximum absolute atomic E-state index is 5.93. The molecule has 0 saturated heterocycles. The van der Waals surface area contributed by atoms with Crippen molar-refractivity contribution < 1.29 is 0 Å². The molecule has 4 nitrogen and oxygen atoms in total. The number of hydrogen-bond acceptors (Lipinski definition) is 3. The second-order valence-electron chi connectivity index (χ2n) is 4.99. The minimum Gasteiger partial charge on any atom is -0.313 e. The molecule has 1 unspecified atom stereocenters. The molecular weight excluding hydrogens is 272 g/mol. The third kappa shape index (κ3) is 4.32. The van der Waals surface area contributed by atoms with E-state index >= 15 is 0 Å². The molecular formula is C15H21ClN4. The Kier molecular flexibility index (Phi) is 5.56. The zero-order valence-electron chi connectivity index (χ0n) is 12.0. The van der Waals surface area contributed by atoms with Gasteiger partial charge in [-0.3, -0.25) is 4.68 Å². The monoisotopic (exact) mass is 292 g/mol. The summed E-state index contributed by atoms with van der Waals surface area (Å²) in [6.07, 6.45) is 4.56. The number of nitrogens with zero attached hydrogens (tertiary/aromatic N) is 3. The molecule has 1 atom stereocenters. The first kappa shape index (κ1) is 15.0. The fourth-order valence-electron chi connectivity index (χ4n) is 2.20. The normalized spacial score (nSPS) is 12.6. The maximum atomic E-state index is 5.93. The van der Waals surface area contributed by atoms with E-state index in [1.807, 2.05) is 23.9 Å². The van der Waals surface area contributed by atoms with Crippen LogP contribution >= 0.6 is 11.6 Å². The van der Waals surface area contributed by atoms with Crippen molar-refractivity contribution in [3.05, 3.63) is 47.0 Å². The van der Waals surface area contributed by atoms with E-state index in [0.717, 1.165) is 36.7 Å². The van der Waals surface area contributed by atoms with E-state index in [0.29, 0.717) is 6.04 Å². The summed E-state index contributed by atoms with van der Waals surface area (Å²) in [7, 11) is 1.93. The first-order valence-electron chi connectivity index (χ1n) is 6.99. The number of halogens is 1. The van der Waals surface area contributed by atoms with Crippen LogP contribution in [0, 0.1) is 0 Å². The molecule has 0 aliphatic heterocycles. The van der Waals surface area contributed by atoms with Crippen LogP contribution in [0.25, 0.3) is 0 Å². The number of rotatable bonds is 7. The van der Waals surface area contributed by atoms with Crippen molar-refractivity contribution in [1.29, 1.82) is 0 Å². The quantitative estimate of drug-likeness (QED) is 0.853. The lowest BCUT2D eigenvalue weighted by atomic mass is 10.0. The fraction of sp³-hybridized carbons (Fsp3) is 0.467. The van der Waals surface area contributed by atoms with Gasteiger partial charge in [0.25, 0.3) is 0 Å². The third-order valence-corrected chi connectivity index (χ3v) is 3.56. The first-order valence-corrected chi connectivity index (χ1v) is 7.37. The molecule has 0 spiro atoms. The number of benzene rings is 1. The molecule has 2 aromatic rings. The van der Waals surface area contributed by atoms with Crippen LogP contribution in [-0.2, 0) is 19.9 Å². The van der Waals surface area contributed by atoms with Gasteiger partial charge in [0, 0.05) is 24.5 Å². The molecule has 0 aliphatic rings. The van der Waals surface area contributed by atoms with Crippen molar-refractivity contribution >= 4 is 11.6 Å². The summed E-state index contributed by atoms with van der Waals surface area (Å²) in [5, 5.41) is 8.49. The summed E-state index contributed by atoms with van der Waals surface area (Å²) >= 11 is 5.93. The Morgan fingerprint density at radius 2 is 2.00 bits per heavy atom. The molecule has 20 heavy (non-hydrogen) atoms. The molecule has 0 saturated carbocycles. The zero-order valence-corrected chi connectivity index (χ0v) is 12.8. The van der Waals surface area contributed by atoms with Gasteiger partial charge in [-0.25, -0.2) is 4.98 Å². The van der Waals surface area contributed by atoms with Crippen molar-refractivity contribution in [1.82, 2.24) is 20.1 Å². The summed E-state index contributed by atoms with van der Waals surface area (Å²) < 4.78 is 1.84. The highest BCUT2D eigenvalue weighted by Crippen LogP contribution is 2.12. The van der Waals surface area contributed by atoms with Crippen molar-refractivity contribution in [2.45, 2.75) is 32.2 Å². The molecule has 0 fully saturated rings. The first-order chi connectivity index (χ1) is 9.69. The van der Waals surface area contributed by atoms with Crippen LogP contribution in [0.3, 0.4) is 0 Å². The van der Waals surface area contributed by atoms with Crippen molar-refractivity contribution in [3.63, 3.8) is 0 Å². The summed E-state index contributed by atoms with van der Waals surface area (Å²) in [4.78, 5) is 4.31. The Hall–Kier alpha value is -1.39.